The number of amides is 1. The first-order chi connectivity index (χ1) is 8.53. The molecule has 0 radical (unpaired) electrons. The standard InChI is InChI=1S/C12H15N3O3/c1-8-6-14-9(7-13-8)10(16)15-12(11(17)18)4-2-3-5-12/h6-7H,2-5H2,1H3,(H,15,16)(H,17,18). The quantitative estimate of drug-likeness (QED) is 0.830. The van der Waals surface area contributed by atoms with Crippen LogP contribution in [0.3, 0.4) is 0 Å². The number of aromatic nitrogens is 2. The van der Waals surface area contributed by atoms with Gasteiger partial charge in [0.15, 0.2) is 0 Å². The number of carboxylic acids is 1. The molecular formula is C12H15N3O3. The minimum Gasteiger partial charge on any atom is -0.480 e. The molecule has 1 heterocycles. The summed E-state index contributed by atoms with van der Waals surface area (Å²) >= 11 is 0. The monoisotopic (exact) mass is 249 g/mol. The number of carboxylic acid groups (broad SMARTS) is 1. The highest BCUT2D eigenvalue weighted by Gasteiger charge is 2.42. The zero-order valence-corrected chi connectivity index (χ0v) is 10.1. The van der Waals surface area contributed by atoms with E-state index in [1.807, 2.05) is 0 Å². The van der Waals surface area contributed by atoms with Gasteiger partial charge in [0.2, 0.25) is 0 Å². The zero-order chi connectivity index (χ0) is 13.2. The molecule has 0 bridgehead atoms. The Morgan fingerprint density at radius 3 is 2.44 bits per heavy atom. The van der Waals surface area contributed by atoms with Crippen molar-refractivity contribution >= 4 is 11.9 Å². The van der Waals surface area contributed by atoms with Gasteiger partial charge in [0.05, 0.1) is 11.9 Å². The van der Waals surface area contributed by atoms with E-state index in [1.165, 1.54) is 12.4 Å². The van der Waals surface area contributed by atoms with Gasteiger partial charge in [-0.3, -0.25) is 9.78 Å². The van der Waals surface area contributed by atoms with Crippen molar-refractivity contribution in [2.24, 2.45) is 0 Å². The fraction of sp³-hybridized carbons (Fsp3) is 0.500. The second-order valence-corrected chi connectivity index (χ2v) is 4.59. The second-order valence-electron chi connectivity index (χ2n) is 4.59. The molecule has 1 saturated carbocycles. The molecule has 6 heteroatoms. The minimum atomic E-state index is -1.14. The van der Waals surface area contributed by atoms with Crippen LogP contribution in [0.4, 0.5) is 0 Å². The predicted octanol–water partition coefficient (Wildman–Crippen LogP) is 0.912. The lowest BCUT2D eigenvalue weighted by Crippen LogP contribution is -2.52. The van der Waals surface area contributed by atoms with Gasteiger partial charge in [-0.05, 0) is 19.8 Å². The number of aryl methyl sites for hydroxylation is 1. The summed E-state index contributed by atoms with van der Waals surface area (Å²) in [6.07, 6.45) is 5.39. The first-order valence-electron chi connectivity index (χ1n) is 5.88. The zero-order valence-electron chi connectivity index (χ0n) is 10.1. The average Bonchev–Trinajstić information content (AvgIpc) is 2.79. The molecule has 1 amide bonds. The highest BCUT2D eigenvalue weighted by atomic mass is 16.4. The van der Waals surface area contributed by atoms with Crippen LogP contribution in [0.25, 0.3) is 0 Å². The number of rotatable bonds is 3. The van der Waals surface area contributed by atoms with E-state index in [4.69, 9.17) is 0 Å². The highest BCUT2D eigenvalue weighted by molar-refractivity contribution is 5.96. The summed E-state index contributed by atoms with van der Waals surface area (Å²) in [7, 11) is 0. The van der Waals surface area contributed by atoms with Crippen molar-refractivity contribution in [2.75, 3.05) is 0 Å². The Kier molecular flexibility index (Phi) is 3.27. The van der Waals surface area contributed by atoms with Gasteiger partial charge >= 0.3 is 5.97 Å². The third kappa shape index (κ3) is 2.32. The molecule has 1 aliphatic carbocycles. The lowest BCUT2D eigenvalue weighted by atomic mass is 9.97. The fourth-order valence-electron chi connectivity index (χ4n) is 2.16. The minimum absolute atomic E-state index is 0.146. The molecule has 2 N–H and O–H groups in total. The largest absolute Gasteiger partial charge is 0.480 e. The summed E-state index contributed by atoms with van der Waals surface area (Å²) in [6, 6.07) is 0. The number of aliphatic carboxylic acids is 1. The van der Waals surface area contributed by atoms with E-state index in [0.717, 1.165) is 12.8 Å². The number of nitrogens with zero attached hydrogens (tertiary/aromatic N) is 2. The summed E-state index contributed by atoms with van der Waals surface area (Å²) in [5.41, 5.74) is -0.280. The van der Waals surface area contributed by atoms with Gasteiger partial charge in [0, 0.05) is 6.20 Å². The van der Waals surface area contributed by atoms with Crippen molar-refractivity contribution in [1.29, 1.82) is 0 Å². The van der Waals surface area contributed by atoms with E-state index < -0.39 is 17.4 Å². The third-order valence-corrected chi connectivity index (χ3v) is 3.23. The summed E-state index contributed by atoms with van der Waals surface area (Å²) in [4.78, 5) is 31.2. The molecule has 1 fully saturated rings. The number of carbonyl (C=O) groups is 2. The first kappa shape index (κ1) is 12.5. The van der Waals surface area contributed by atoms with E-state index in [1.54, 1.807) is 6.92 Å². The molecule has 1 aromatic heterocycles. The van der Waals surface area contributed by atoms with Crippen LogP contribution in [0, 0.1) is 6.92 Å². The van der Waals surface area contributed by atoms with Crippen LogP contribution in [0.15, 0.2) is 12.4 Å². The van der Waals surface area contributed by atoms with Gasteiger partial charge in [-0.1, -0.05) is 12.8 Å². The van der Waals surface area contributed by atoms with Crippen LogP contribution >= 0.6 is 0 Å². The van der Waals surface area contributed by atoms with Crippen molar-refractivity contribution < 1.29 is 14.7 Å². The molecule has 2 rings (SSSR count). The molecule has 0 unspecified atom stereocenters. The number of nitrogens with one attached hydrogen (secondary N) is 1. The molecule has 0 spiro atoms. The smallest absolute Gasteiger partial charge is 0.329 e. The Labute approximate surface area is 104 Å². The summed E-state index contributed by atoms with van der Waals surface area (Å²) < 4.78 is 0. The van der Waals surface area contributed by atoms with Gasteiger partial charge in [-0.2, -0.15) is 0 Å². The lowest BCUT2D eigenvalue weighted by molar-refractivity contribution is -0.144. The molecule has 0 saturated heterocycles. The van der Waals surface area contributed by atoms with E-state index >= 15 is 0 Å². The molecule has 96 valence electrons. The van der Waals surface area contributed by atoms with Crippen LogP contribution < -0.4 is 5.32 Å². The average molecular weight is 249 g/mol. The van der Waals surface area contributed by atoms with Gasteiger partial charge in [0.25, 0.3) is 5.91 Å². The second kappa shape index (κ2) is 4.72. The van der Waals surface area contributed by atoms with Crippen LogP contribution in [0.5, 0.6) is 0 Å². The summed E-state index contributed by atoms with van der Waals surface area (Å²) in [5, 5.41) is 11.8. The van der Waals surface area contributed by atoms with Crippen molar-refractivity contribution in [3.8, 4) is 0 Å². The maximum atomic E-state index is 11.9. The Hall–Kier alpha value is -1.98. The molecule has 6 nitrogen and oxygen atoms in total. The van der Waals surface area contributed by atoms with Crippen LogP contribution in [-0.2, 0) is 4.79 Å². The topological polar surface area (TPSA) is 92.2 Å². The SMILES string of the molecule is Cc1cnc(C(=O)NC2(C(=O)O)CCCC2)cn1. The van der Waals surface area contributed by atoms with Crippen LogP contribution in [0.1, 0.15) is 41.9 Å². The number of hydrogen-bond donors (Lipinski definition) is 2. The van der Waals surface area contributed by atoms with Crippen LogP contribution in [0.2, 0.25) is 0 Å². The van der Waals surface area contributed by atoms with Gasteiger partial charge in [-0.15, -0.1) is 0 Å². The molecule has 0 atom stereocenters. The number of hydrogen-bond acceptors (Lipinski definition) is 4. The maximum absolute atomic E-state index is 11.9. The van der Waals surface area contributed by atoms with Crippen molar-refractivity contribution in [2.45, 2.75) is 38.1 Å². The Bertz CT molecular complexity index is 464. The van der Waals surface area contributed by atoms with Crippen molar-refractivity contribution in [3.63, 3.8) is 0 Å². The lowest BCUT2D eigenvalue weighted by Gasteiger charge is -2.24. The Morgan fingerprint density at radius 1 is 1.28 bits per heavy atom. The van der Waals surface area contributed by atoms with E-state index in [2.05, 4.69) is 15.3 Å². The maximum Gasteiger partial charge on any atom is 0.329 e. The van der Waals surface area contributed by atoms with E-state index in [9.17, 15) is 14.7 Å². The predicted molar refractivity (Wildman–Crippen MR) is 63.1 cm³/mol. The Balaban J connectivity index is 2.15. The first-order valence-corrected chi connectivity index (χ1v) is 5.88. The summed E-state index contributed by atoms with van der Waals surface area (Å²) in [6.45, 7) is 1.77. The molecule has 18 heavy (non-hydrogen) atoms. The Morgan fingerprint density at radius 2 is 1.94 bits per heavy atom. The molecule has 1 aromatic rings. The fourth-order valence-corrected chi connectivity index (χ4v) is 2.16. The molecule has 0 aromatic carbocycles. The van der Waals surface area contributed by atoms with E-state index in [0.29, 0.717) is 18.5 Å². The van der Waals surface area contributed by atoms with Crippen molar-refractivity contribution in [3.05, 3.63) is 23.8 Å². The van der Waals surface area contributed by atoms with Crippen LogP contribution in [-0.4, -0.2) is 32.5 Å². The van der Waals surface area contributed by atoms with Crippen molar-refractivity contribution in [1.82, 2.24) is 15.3 Å². The number of carbonyl (C=O) groups excluding carboxylic acids is 1. The normalized spacial score (nSPS) is 17.4. The van der Waals surface area contributed by atoms with E-state index in [-0.39, 0.29) is 5.69 Å². The summed E-state index contributed by atoms with van der Waals surface area (Å²) in [5.74, 6) is -1.46. The molecule has 1 aliphatic rings. The molecule has 0 aliphatic heterocycles. The molecular weight excluding hydrogens is 234 g/mol. The van der Waals surface area contributed by atoms with Gasteiger partial charge in [-0.25, -0.2) is 9.78 Å². The van der Waals surface area contributed by atoms with Gasteiger partial charge < -0.3 is 10.4 Å². The van der Waals surface area contributed by atoms with Gasteiger partial charge in [0.1, 0.15) is 11.2 Å². The highest BCUT2D eigenvalue weighted by Crippen LogP contribution is 2.30. The third-order valence-electron chi connectivity index (χ3n) is 3.23.